The lowest BCUT2D eigenvalue weighted by molar-refractivity contribution is -0.122. The number of amides is 2. The maximum Gasteiger partial charge on any atom is 0.270 e. The van der Waals surface area contributed by atoms with Crippen LogP contribution in [-0.4, -0.2) is 16.9 Å². The van der Waals surface area contributed by atoms with Gasteiger partial charge in [-0.25, -0.2) is 0 Å². The number of carbonyl (C=O) groups excluding carboxylic acids is 2. The second-order valence-corrected chi connectivity index (χ2v) is 9.41. The summed E-state index contributed by atoms with van der Waals surface area (Å²) in [5, 5.41) is 3.53. The predicted octanol–water partition coefficient (Wildman–Crippen LogP) is 6.79. The zero-order chi connectivity index (χ0) is 25.8. The average Bonchev–Trinajstić information content (AvgIpc) is 2.85. The largest absolute Gasteiger partial charge is 0.489 e. The minimum absolute atomic E-state index is 0.0791. The second kappa shape index (κ2) is 11.3. The van der Waals surface area contributed by atoms with Gasteiger partial charge in [0, 0.05) is 5.02 Å². The van der Waals surface area contributed by atoms with Crippen molar-refractivity contribution >= 4 is 75.7 Å². The van der Waals surface area contributed by atoms with Crippen LogP contribution in [0.1, 0.15) is 16.7 Å². The zero-order valence-corrected chi connectivity index (χ0v) is 21.8. The highest BCUT2D eigenvalue weighted by Gasteiger charge is 2.35. The molecule has 0 unspecified atom stereocenters. The number of rotatable bonds is 7. The topological polar surface area (TPSA) is 58.6 Å². The van der Waals surface area contributed by atoms with Gasteiger partial charge in [0.2, 0.25) is 0 Å². The van der Waals surface area contributed by atoms with E-state index in [0.717, 1.165) is 16.0 Å². The number of hydrogen-bond acceptors (Lipinski definition) is 4. The van der Waals surface area contributed by atoms with Gasteiger partial charge in [-0.2, -0.15) is 0 Å². The molecule has 9 heteroatoms. The molecule has 0 aromatic heterocycles. The van der Waals surface area contributed by atoms with E-state index in [0.29, 0.717) is 29.4 Å². The number of hydrogen-bond donors (Lipinski definition) is 1. The van der Waals surface area contributed by atoms with Crippen molar-refractivity contribution in [2.45, 2.75) is 13.0 Å². The Balaban J connectivity index is 1.63. The van der Waals surface area contributed by atoms with E-state index < -0.39 is 11.8 Å². The molecule has 0 atom stereocenters. The molecular formula is C27H19Cl3N2O3S. The van der Waals surface area contributed by atoms with E-state index in [9.17, 15) is 9.59 Å². The van der Waals surface area contributed by atoms with Crippen LogP contribution in [0, 0.1) is 0 Å². The molecule has 2 amide bonds. The van der Waals surface area contributed by atoms with Crippen molar-refractivity contribution in [3.8, 4) is 5.75 Å². The molecule has 5 nitrogen and oxygen atoms in total. The van der Waals surface area contributed by atoms with Crippen molar-refractivity contribution in [2.75, 3.05) is 4.90 Å². The van der Waals surface area contributed by atoms with Crippen molar-refractivity contribution in [1.29, 1.82) is 0 Å². The first kappa shape index (κ1) is 25.9. The summed E-state index contributed by atoms with van der Waals surface area (Å²) in [7, 11) is 0. The number of nitrogens with one attached hydrogen (secondary N) is 1. The minimum Gasteiger partial charge on any atom is -0.489 e. The van der Waals surface area contributed by atoms with Gasteiger partial charge < -0.3 is 4.74 Å². The van der Waals surface area contributed by atoms with Crippen LogP contribution in [-0.2, 0) is 22.6 Å². The summed E-state index contributed by atoms with van der Waals surface area (Å²) in [6, 6.07) is 17.6. The first-order valence-electron chi connectivity index (χ1n) is 10.7. The van der Waals surface area contributed by atoms with Gasteiger partial charge in [-0.1, -0.05) is 65.1 Å². The Morgan fingerprint density at radius 1 is 1.03 bits per heavy atom. The van der Waals surface area contributed by atoms with Crippen LogP contribution >= 0.6 is 47.0 Å². The van der Waals surface area contributed by atoms with Crippen LogP contribution in [0.5, 0.6) is 5.75 Å². The van der Waals surface area contributed by atoms with E-state index in [1.54, 1.807) is 48.5 Å². The first-order valence-corrected chi connectivity index (χ1v) is 12.3. The maximum absolute atomic E-state index is 13.3. The molecule has 36 heavy (non-hydrogen) atoms. The lowest BCUT2D eigenvalue weighted by Gasteiger charge is -2.29. The van der Waals surface area contributed by atoms with E-state index >= 15 is 0 Å². The third-order valence-electron chi connectivity index (χ3n) is 5.34. The Hall–Kier alpha value is -3.16. The maximum atomic E-state index is 13.3. The lowest BCUT2D eigenvalue weighted by Crippen LogP contribution is -2.54. The number of carbonyl (C=O) groups is 2. The molecule has 0 saturated carbocycles. The highest BCUT2D eigenvalue weighted by Crippen LogP contribution is 2.34. The normalized spacial score (nSPS) is 14.7. The molecule has 1 N–H and O–H groups in total. The molecule has 3 aromatic rings. The molecule has 1 aliphatic rings. The summed E-state index contributed by atoms with van der Waals surface area (Å²) in [6.07, 6.45) is 3.78. The molecule has 3 aromatic carbocycles. The van der Waals surface area contributed by atoms with Crippen LogP contribution < -0.4 is 15.0 Å². The SMILES string of the molecule is C=CCc1cc(/C=C2\C(=O)NC(=S)N(c3cccc(Cl)c3Cl)C2=O)ccc1OCc1ccc(Cl)cc1. The van der Waals surface area contributed by atoms with Crippen LogP contribution in [0.15, 0.2) is 78.9 Å². The molecular weight excluding hydrogens is 539 g/mol. The Kier molecular flexibility index (Phi) is 8.11. The van der Waals surface area contributed by atoms with Crippen LogP contribution in [0.25, 0.3) is 6.08 Å². The molecule has 1 heterocycles. The Bertz CT molecular complexity index is 1400. The molecule has 1 fully saturated rings. The van der Waals surface area contributed by atoms with Gasteiger partial charge in [-0.15, -0.1) is 6.58 Å². The van der Waals surface area contributed by atoms with Gasteiger partial charge >= 0.3 is 0 Å². The Morgan fingerprint density at radius 3 is 2.50 bits per heavy atom. The summed E-state index contributed by atoms with van der Waals surface area (Å²) in [5.41, 5.74) is 2.63. The summed E-state index contributed by atoms with van der Waals surface area (Å²) >= 11 is 23.6. The quantitative estimate of drug-likeness (QED) is 0.150. The van der Waals surface area contributed by atoms with Gasteiger partial charge in [-0.3, -0.25) is 19.8 Å². The van der Waals surface area contributed by atoms with Crippen LogP contribution in [0.2, 0.25) is 15.1 Å². The van der Waals surface area contributed by atoms with Crippen molar-refractivity contribution in [3.05, 3.63) is 111 Å². The molecule has 0 bridgehead atoms. The highest BCUT2D eigenvalue weighted by atomic mass is 35.5. The number of ether oxygens (including phenoxy) is 1. The Morgan fingerprint density at radius 2 is 1.78 bits per heavy atom. The standard InChI is InChI=1S/C27H19Cl3N2O3S/c1-2-4-18-13-17(9-12-23(18)35-15-16-7-10-19(28)11-8-16)14-20-25(33)31-27(36)32(26(20)34)22-6-3-5-21(29)24(22)30/h2-3,5-14H,1,4,15H2,(H,31,33,36)/b20-14+. The number of thiocarbonyl (C=S) groups is 1. The fourth-order valence-corrected chi connectivity index (χ4v) is 4.37. The molecule has 1 aliphatic heterocycles. The van der Waals surface area contributed by atoms with E-state index in [-0.39, 0.29) is 26.4 Å². The van der Waals surface area contributed by atoms with Gasteiger partial charge in [0.05, 0.1) is 15.7 Å². The van der Waals surface area contributed by atoms with Crippen LogP contribution in [0.4, 0.5) is 5.69 Å². The van der Waals surface area contributed by atoms with Gasteiger partial charge in [0.1, 0.15) is 17.9 Å². The predicted molar refractivity (Wildman–Crippen MR) is 149 cm³/mol. The summed E-state index contributed by atoms with van der Waals surface area (Å²) < 4.78 is 6.01. The fraction of sp³-hybridized carbons (Fsp3) is 0.0741. The number of allylic oxidation sites excluding steroid dienone is 1. The average molecular weight is 558 g/mol. The number of halogens is 3. The molecule has 0 aliphatic carbocycles. The van der Waals surface area contributed by atoms with Gasteiger partial charge in [0.25, 0.3) is 11.8 Å². The zero-order valence-electron chi connectivity index (χ0n) is 18.8. The highest BCUT2D eigenvalue weighted by molar-refractivity contribution is 7.80. The lowest BCUT2D eigenvalue weighted by atomic mass is 10.0. The van der Waals surface area contributed by atoms with Crippen molar-refractivity contribution < 1.29 is 14.3 Å². The summed E-state index contributed by atoms with van der Waals surface area (Å²) in [5.74, 6) is -0.547. The Labute approximate surface area is 228 Å². The summed E-state index contributed by atoms with van der Waals surface area (Å²) in [6.45, 7) is 4.17. The van der Waals surface area contributed by atoms with E-state index in [4.69, 9.17) is 51.8 Å². The smallest absolute Gasteiger partial charge is 0.270 e. The molecule has 1 saturated heterocycles. The second-order valence-electron chi connectivity index (χ2n) is 7.81. The first-order chi connectivity index (χ1) is 17.3. The monoisotopic (exact) mass is 556 g/mol. The van der Waals surface area contributed by atoms with Gasteiger partial charge in [-0.05, 0) is 77.8 Å². The third kappa shape index (κ3) is 5.63. The molecule has 4 rings (SSSR count). The van der Waals surface area contributed by atoms with Crippen molar-refractivity contribution in [1.82, 2.24) is 5.32 Å². The molecule has 0 spiro atoms. The number of nitrogens with zero attached hydrogens (tertiary/aromatic N) is 1. The van der Waals surface area contributed by atoms with E-state index in [1.807, 2.05) is 18.2 Å². The number of benzene rings is 3. The van der Waals surface area contributed by atoms with Crippen LogP contribution in [0.3, 0.4) is 0 Å². The fourth-order valence-electron chi connectivity index (χ4n) is 3.59. The number of anilines is 1. The van der Waals surface area contributed by atoms with Crippen molar-refractivity contribution in [3.63, 3.8) is 0 Å². The van der Waals surface area contributed by atoms with E-state index in [2.05, 4.69) is 11.9 Å². The third-order valence-corrected chi connectivity index (χ3v) is 6.69. The minimum atomic E-state index is -0.610. The molecule has 182 valence electrons. The summed E-state index contributed by atoms with van der Waals surface area (Å²) in [4.78, 5) is 27.2. The molecule has 0 radical (unpaired) electrons. The van der Waals surface area contributed by atoms with Crippen molar-refractivity contribution in [2.24, 2.45) is 0 Å². The van der Waals surface area contributed by atoms with E-state index in [1.165, 1.54) is 6.08 Å². The van der Waals surface area contributed by atoms with Gasteiger partial charge in [0.15, 0.2) is 5.11 Å².